The summed E-state index contributed by atoms with van der Waals surface area (Å²) in [5.41, 5.74) is 4.11. The van der Waals surface area contributed by atoms with Crippen molar-refractivity contribution >= 4 is 27.5 Å². The van der Waals surface area contributed by atoms with Crippen LogP contribution in [-0.2, 0) is 0 Å². The molecular weight excluding hydrogens is 382 g/mol. The molecule has 0 spiro atoms. The van der Waals surface area contributed by atoms with Gasteiger partial charge < -0.3 is 10.1 Å². The highest BCUT2D eigenvalue weighted by Gasteiger charge is 2.11. The minimum Gasteiger partial charge on any atom is -0.495 e. The zero-order chi connectivity index (χ0) is 18.0. The Labute approximate surface area is 154 Å². The molecule has 0 fully saturated rings. The highest BCUT2D eigenvalue weighted by atomic mass is 79.9. The van der Waals surface area contributed by atoms with Gasteiger partial charge in [0.1, 0.15) is 5.75 Å². The highest BCUT2D eigenvalue weighted by Crippen LogP contribution is 2.28. The third-order valence-corrected chi connectivity index (χ3v) is 4.29. The smallest absolute Gasteiger partial charge is 0.255 e. The number of aryl methyl sites for hydroxylation is 2. The number of nitrogens with one attached hydrogen (secondary N) is 1. The number of hydrogen-bond acceptors (Lipinski definition) is 3. The number of hydrogen-bond donors (Lipinski definition) is 1. The Balaban J connectivity index is 1.82. The zero-order valence-corrected chi connectivity index (χ0v) is 15.8. The molecule has 6 heteroatoms. The van der Waals surface area contributed by atoms with Gasteiger partial charge in [0.2, 0.25) is 0 Å². The van der Waals surface area contributed by atoms with Gasteiger partial charge in [0.15, 0.2) is 0 Å². The summed E-state index contributed by atoms with van der Waals surface area (Å²) in [6.45, 7) is 3.96. The molecule has 0 aliphatic heterocycles. The number of anilines is 1. The van der Waals surface area contributed by atoms with Gasteiger partial charge >= 0.3 is 0 Å². The number of rotatable bonds is 4. The van der Waals surface area contributed by atoms with Crippen LogP contribution in [0.15, 0.2) is 53.0 Å². The number of ether oxygens (including phenoxy) is 1. The van der Waals surface area contributed by atoms with Crippen LogP contribution in [0.4, 0.5) is 5.69 Å². The molecule has 5 nitrogen and oxygen atoms in total. The lowest BCUT2D eigenvalue weighted by Gasteiger charge is -2.11. The second kappa shape index (κ2) is 7.11. The molecule has 0 bridgehead atoms. The second-order valence-corrected chi connectivity index (χ2v) is 6.60. The number of methoxy groups -OCH3 is 1. The van der Waals surface area contributed by atoms with Crippen molar-refractivity contribution in [3.05, 3.63) is 70.0 Å². The predicted octanol–water partition coefficient (Wildman–Crippen LogP) is 4.51. The summed E-state index contributed by atoms with van der Waals surface area (Å²) in [5.74, 6) is 0.409. The predicted molar refractivity (Wildman–Crippen MR) is 102 cm³/mol. The van der Waals surface area contributed by atoms with Gasteiger partial charge in [-0.15, -0.1) is 0 Å². The van der Waals surface area contributed by atoms with Crippen LogP contribution >= 0.6 is 15.9 Å². The molecule has 2 aromatic carbocycles. The molecule has 0 saturated carbocycles. The molecule has 128 valence electrons. The van der Waals surface area contributed by atoms with Gasteiger partial charge in [-0.05, 0) is 62.4 Å². The van der Waals surface area contributed by atoms with Gasteiger partial charge in [-0.2, -0.15) is 5.10 Å². The molecule has 3 aromatic rings. The van der Waals surface area contributed by atoms with Crippen LogP contribution in [0.2, 0.25) is 0 Å². The highest BCUT2D eigenvalue weighted by molar-refractivity contribution is 9.10. The molecule has 1 heterocycles. The first-order valence-electron chi connectivity index (χ1n) is 7.76. The fourth-order valence-electron chi connectivity index (χ4n) is 2.62. The summed E-state index contributed by atoms with van der Waals surface area (Å²) in [4.78, 5) is 12.5. The lowest BCUT2D eigenvalue weighted by Crippen LogP contribution is -2.13. The van der Waals surface area contributed by atoms with Gasteiger partial charge in [0, 0.05) is 15.7 Å². The van der Waals surface area contributed by atoms with Crippen molar-refractivity contribution in [1.29, 1.82) is 0 Å². The molecule has 0 saturated heterocycles. The van der Waals surface area contributed by atoms with Crippen molar-refractivity contribution in [2.24, 2.45) is 0 Å². The lowest BCUT2D eigenvalue weighted by molar-refractivity contribution is 0.102. The molecule has 0 aliphatic rings. The van der Waals surface area contributed by atoms with E-state index in [0.717, 1.165) is 21.5 Å². The third-order valence-electron chi connectivity index (χ3n) is 3.79. The van der Waals surface area contributed by atoms with Crippen molar-refractivity contribution in [2.45, 2.75) is 13.8 Å². The van der Waals surface area contributed by atoms with Crippen LogP contribution in [0.1, 0.15) is 21.7 Å². The number of aromatic nitrogens is 2. The third kappa shape index (κ3) is 3.74. The van der Waals surface area contributed by atoms with Gasteiger partial charge in [0.25, 0.3) is 5.91 Å². The molecule has 0 aliphatic carbocycles. The van der Waals surface area contributed by atoms with E-state index in [-0.39, 0.29) is 5.91 Å². The summed E-state index contributed by atoms with van der Waals surface area (Å²) < 4.78 is 8.00. The molecule has 0 atom stereocenters. The molecule has 0 unspecified atom stereocenters. The first-order chi connectivity index (χ1) is 12.0. The van der Waals surface area contributed by atoms with Crippen molar-refractivity contribution in [3.8, 4) is 11.4 Å². The Bertz CT molecular complexity index is 917. The lowest BCUT2D eigenvalue weighted by atomic mass is 10.2. The fraction of sp³-hybridized carbons (Fsp3) is 0.158. The summed E-state index contributed by atoms with van der Waals surface area (Å²) in [6.07, 6.45) is 0. The normalized spacial score (nSPS) is 10.6. The summed E-state index contributed by atoms with van der Waals surface area (Å²) in [5, 5.41) is 7.33. The Kier molecular flexibility index (Phi) is 4.90. The Morgan fingerprint density at radius 1 is 1.12 bits per heavy atom. The van der Waals surface area contributed by atoms with Crippen molar-refractivity contribution < 1.29 is 9.53 Å². The molecular formula is C19H18BrN3O2. The average molecular weight is 400 g/mol. The van der Waals surface area contributed by atoms with Crippen molar-refractivity contribution in [3.63, 3.8) is 0 Å². The first kappa shape index (κ1) is 17.2. The van der Waals surface area contributed by atoms with Crippen LogP contribution in [0.3, 0.4) is 0 Å². The number of amides is 1. The van der Waals surface area contributed by atoms with Gasteiger partial charge in [-0.1, -0.05) is 15.9 Å². The minimum absolute atomic E-state index is 0.198. The SMILES string of the molecule is COc1ccc(Br)cc1NC(=O)c1ccc(-n2nc(C)cc2C)cc1. The number of halogens is 1. The monoisotopic (exact) mass is 399 g/mol. The van der Waals surface area contributed by atoms with Gasteiger partial charge in [-0.25, -0.2) is 4.68 Å². The fourth-order valence-corrected chi connectivity index (χ4v) is 2.98. The topological polar surface area (TPSA) is 56.1 Å². The van der Waals surface area contributed by atoms with Crippen LogP contribution in [0.5, 0.6) is 5.75 Å². The summed E-state index contributed by atoms with van der Waals surface area (Å²) in [6, 6.07) is 14.8. The Morgan fingerprint density at radius 3 is 2.44 bits per heavy atom. The van der Waals surface area contributed by atoms with Crippen LogP contribution in [0, 0.1) is 13.8 Å². The molecule has 0 radical (unpaired) electrons. The number of nitrogens with zero attached hydrogens (tertiary/aromatic N) is 2. The number of benzene rings is 2. The largest absolute Gasteiger partial charge is 0.495 e. The standard InChI is InChI=1S/C19H18BrN3O2/c1-12-10-13(2)23(22-12)16-7-4-14(5-8-16)19(24)21-17-11-15(20)6-9-18(17)25-3/h4-11H,1-3H3,(H,21,24). The van der Waals surface area contributed by atoms with E-state index >= 15 is 0 Å². The van der Waals surface area contributed by atoms with Crippen molar-refractivity contribution in [2.75, 3.05) is 12.4 Å². The first-order valence-corrected chi connectivity index (χ1v) is 8.56. The van der Waals surface area contributed by atoms with E-state index in [1.165, 1.54) is 0 Å². The maximum atomic E-state index is 12.5. The van der Waals surface area contributed by atoms with E-state index in [1.807, 2.05) is 42.8 Å². The van der Waals surface area contributed by atoms with Gasteiger partial charge in [-0.3, -0.25) is 4.79 Å². The van der Waals surface area contributed by atoms with E-state index < -0.39 is 0 Å². The minimum atomic E-state index is -0.198. The molecule has 1 aromatic heterocycles. The molecule has 1 N–H and O–H groups in total. The Hall–Kier alpha value is -2.60. The molecule has 25 heavy (non-hydrogen) atoms. The maximum Gasteiger partial charge on any atom is 0.255 e. The van der Waals surface area contributed by atoms with Gasteiger partial charge in [0.05, 0.1) is 24.2 Å². The van der Waals surface area contributed by atoms with E-state index in [2.05, 4.69) is 26.3 Å². The van der Waals surface area contributed by atoms with E-state index in [4.69, 9.17) is 4.74 Å². The molecule has 1 amide bonds. The van der Waals surface area contributed by atoms with Crippen LogP contribution in [-0.4, -0.2) is 22.8 Å². The number of carbonyl (C=O) groups excluding carboxylic acids is 1. The van der Waals surface area contributed by atoms with E-state index in [0.29, 0.717) is 17.0 Å². The zero-order valence-electron chi connectivity index (χ0n) is 14.2. The van der Waals surface area contributed by atoms with E-state index in [9.17, 15) is 4.79 Å². The second-order valence-electron chi connectivity index (χ2n) is 5.68. The number of carbonyl (C=O) groups is 1. The van der Waals surface area contributed by atoms with Crippen LogP contribution < -0.4 is 10.1 Å². The van der Waals surface area contributed by atoms with Crippen LogP contribution in [0.25, 0.3) is 5.69 Å². The van der Waals surface area contributed by atoms with E-state index in [1.54, 1.807) is 31.4 Å². The average Bonchev–Trinajstić information content (AvgIpc) is 2.93. The summed E-state index contributed by atoms with van der Waals surface area (Å²) in [7, 11) is 1.57. The molecule has 3 rings (SSSR count). The quantitative estimate of drug-likeness (QED) is 0.701. The summed E-state index contributed by atoms with van der Waals surface area (Å²) >= 11 is 3.40. The van der Waals surface area contributed by atoms with Crippen molar-refractivity contribution in [1.82, 2.24) is 9.78 Å². The Morgan fingerprint density at radius 2 is 1.84 bits per heavy atom. The maximum absolute atomic E-state index is 12.5.